The molecule has 1 amide bonds. The lowest BCUT2D eigenvalue weighted by Crippen LogP contribution is -2.51. The lowest BCUT2D eigenvalue weighted by atomic mass is 9.76. The van der Waals surface area contributed by atoms with E-state index in [2.05, 4.69) is 18.7 Å². The van der Waals surface area contributed by atoms with Gasteiger partial charge < -0.3 is 14.4 Å². The van der Waals surface area contributed by atoms with E-state index in [1.807, 2.05) is 42.5 Å². The first-order chi connectivity index (χ1) is 21.2. The number of hydrogen-bond acceptors (Lipinski definition) is 5. The molecule has 0 radical (unpaired) electrons. The topological polar surface area (TPSA) is 68.2 Å². The average Bonchev–Trinajstić information content (AvgIpc) is 3.83. The number of ether oxygens (including phenoxy) is 2. The summed E-state index contributed by atoms with van der Waals surface area (Å²) in [5.74, 6) is 1.41. The molecule has 3 aromatic carbocycles. The van der Waals surface area contributed by atoms with Crippen LogP contribution >= 0.6 is 23.2 Å². The van der Waals surface area contributed by atoms with Crippen LogP contribution in [0.1, 0.15) is 85.5 Å². The average molecular weight is 634 g/mol. The lowest BCUT2D eigenvalue weighted by molar-refractivity contribution is -0.134. The van der Waals surface area contributed by atoms with Crippen molar-refractivity contribution >= 4 is 40.8 Å². The third-order valence-electron chi connectivity index (χ3n) is 9.48. The van der Waals surface area contributed by atoms with Crippen molar-refractivity contribution in [2.75, 3.05) is 7.11 Å². The van der Waals surface area contributed by atoms with Crippen LogP contribution in [0.2, 0.25) is 10.0 Å². The van der Waals surface area contributed by atoms with E-state index in [0.29, 0.717) is 57.0 Å². The predicted molar refractivity (Wildman–Crippen MR) is 173 cm³/mol. The molecule has 2 aliphatic carbocycles. The van der Waals surface area contributed by atoms with Gasteiger partial charge >= 0.3 is 5.97 Å². The molecule has 2 fully saturated rings. The molecule has 6 nitrogen and oxygen atoms in total. The number of carbonyl (C=O) groups excluding carboxylic acids is 2. The van der Waals surface area contributed by atoms with Crippen molar-refractivity contribution < 1.29 is 19.1 Å². The molecule has 1 heterocycles. The van der Waals surface area contributed by atoms with Crippen molar-refractivity contribution in [1.82, 2.24) is 4.90 Å². The third-order valence-corrected chi connectivity index (χ3v) is 10.0. The second kappa shape index (κ2) is 12.6. The molecule has 0 bridgehead atoms. The third kappa shape index (κ3) is 5.99. The van der Waals surface area contributed by atoms with Crippen molar-refractivity contribution in [2.24, 2.45) is 22.7 Å². The van der Waals surface area contributed by atoms with E-state index in [4.69, 9.17) is 37.7 Å². The SMILES string of the molecule is COC(=O)c1ccc([C@@H](C2CC2)N2C(=O)C(c3cc(Cl)c(OCc4ccccc4)c(Cl)c3)=NC23CCC(C(C)C)CC3)cc1. The van der Waals surface area contributed by atoms with Crippen LogP contribution in [0.15, 0.2) is 71.7 Å². The Balaban J connectivity index is 1.35. The monoisotopic (exact) mass is 632 g/mol. The maximum atomic E-state index is 14.6. The summed E-state index contributed by atoms with van der Waals surface area (Å²) >= 11 is 13.5. The zero-order valence-corrected chi connectivity index (χ0v) is 26.9. The van der Waals surface area contributed by atoms with Gasteiger partial charge in [0.15, 0.2) is 5.75 Å². The summed E-state index contributed by atoms with van der Waals surface area (Å²) in [4.78, 5) is 34.1. The number of carbonyl (C=O) groups is 2. The normalized spacial score (nSPS) is 22.3. The molecule has 1 spiro atoms. The number of esters is 1. The fourth-order valence-corrected chi connectivity index (χ4v) is 7.45. The van der Waals surface area contributed by atoms with E-state index in [-0.39, 0.29) is 17.9 Å². The summed E-state index contributed by atoms with van der Waals surface area (Å²) in [6.07, 6.45) is 5.69. The highest BCUT2D eigenvalue weighted by Crippen LogP contribution is 2.53. The minimum atomic E-state index is -0.645. The highest BCUT2D eigenvalue weighted by molar-refractivity contribution is 6.48. The molecule has 44 heavy (non-hydrogen) atoms. The van der Waals surface area contributed by atoms with Crippen LogP contribution in [0.5, 0.6) is 5.75 Å². The molecule has 0 N–H and O–H groups in total. The van der Waals surface area contributed by atoms with Gasteiger partial charge in [0.05, 0.1) is 28.8 Å². The molecular weight excluding hydrogens is 595 g/mol. The van der Waals surface area contributed by atoms with Crippen LogP contribution in [-0.2, 0) is 16.1 Å². The van der Waals surface area contributed by atoms with Crippen molar-refractivity contribution in [3.8, 4) is 5.75 Å². The zero-order valence-electron chi connectivity index (χ0n) is 25.4. The molecule has 8 heteroatoms. The van der Waals surface area contributed by atoms with E-state index in [9.17, 15) is 9.59 Å². The van der Waals surface area contributed by atoms with Gasteiger partial charge in [-0.15, -0.1) is 0 Å². The largest absolute Gasteiger partial charge is 0.486 e. The number of nitrogens with zero attached hydrogens (tertiary/aromatic N) is 2. The zero-order chi connectivity index (χ0) is 31.0. The molecule has 6 rings (SSSR count). The van der Waals surface area contributed by atoms with Crippen LogP contribution in [0.25, 0.3) is 0 Å². The van der Waals surface area contributed by atoms with Crippen LogP contribution in [0.4, 0.5) is 0 Å². The standard InChI is InChI=1S/C36H38Cl2N2O4/c1-22(2)24-15-17-36(18-16-24)39-31(28-19-29(37)33(30(38)20-28)44-21-23-7-5-4-6-8-23)34(41)40(36)32(25-9-10-25)26-11-13-27(14-12-26)35(42)43-3/h4-8,11-14,19-20,22,24-25,32H,9-10,15-18,21H2,1-3H3/t24?,32-,36?/m1/s1. The molecule has 0 saturated heterocycles. The predicted octanol–water partition coefficient (Wildman–Crippen LogP) is 8.68. The molecule has 0 aromatic heterocycles. The van der Waals surface area contributed by atoms with Crippen LogP contribution in [0, 0.1) is 17.8 Å². The first-order valence-corrected chi connectivity index (χ1v) is 16.2. The fraction of sp³-hybridized carbons (Fsp3) is 0.417. The van der Waals surface area contributed by atoms with Crippen molar-refractivity contribution in [1.29, 1.82) is 0 Å². The summed E-state index contributed by atoms with van der Waals surface area (Å²) in [7, 11) is 1.38. The Hall–Kier alpha value is -3.35. The van der Waals surface area contributed by atoms with E-state index in [0.717, 1.165) is 49.7 Å². The second-order valence-corrected chi connectivity index (χ2v) is 13.5. The Kier molecular flexibility index (Phi) is 8.76. The minimum Gasteiger partial charge on any atom is -0.486 e. The summed E-state index contributed by atoms with van der Waals surface area (Å²) in [6, 6.07) is 20.6. The summed E-state index contributed by atoms with van der Waals surface area (Å²) in [5, 5.41) is 0.680. The van der Waals surface area contributed by atoms with Gasteiger partial charge in [-0.05, 0) is 91.7 Å². The number of hydrogen-bond donors (Lipinski definition) is 0. The van der Waals surface area contributed by atoms with Gasteiger partial charge in [0.25, 0.3) is 5.91 Å². The molecule has 1 atom stereocenters. The Labute approximate surface area is 269 Å². The summed E-state index contributed by atoms with van der Waals surface area (Å²) in [6.45, 7) is 4.87. The Morgan fingerprint density at radius 1 is 0.955 bits per heavy atom. The number of halogens is 2. The number of amides is 1. The van der Waals surface area contributed by atoms with Gasteiger partial charge in [0.1, 0.15) is 18.0 Å². The van der Waals surface area contributed by atoms with Crippen LogP contribution in [0.3, 0.4) is 0 Å². The quantitative estimate of drug-likeness (QED) is 0.221. The number of methoxy groups -OCH3 is 1. The van der Waals surface area contributed by atoms with Crippen LogP contribution in [-0.4, -0.2) is 35.3 Å². The number of benzene rings is 3. The first-order valence-electron chi connectivity index (χ1n) is 15.5. The molecule has 0 unspecified atom stereocenters. The fourth-order valence-electron chi connectivity index (χ4n) is 6.85. The molecular formula is C36H38Cl2N2O4. The maximum absolute atomic E-state index is 14.6. The number of aliphatic imine (C=N–C) groups is 1. The van der Waals surface area contributed by atoms with Gasteiger partial charge in [-0.25, -0.2) is 4.79 Å². The van der Waals surface area contributed by atoms with E-state index < -0.39 is 5.66 Å². The molecule has 1 aliphatic heterocycles. The van der Waals surface area contributed by atoms with Gasteiger partial charge in [-0.3, -0.25) is 9.79 Å². The Morgan fingerprint density at radius 3 is 2.16 bits per heavy atom. The molecule has 3 aliphatic rings. The van der Waals surface area contributed by atoms with E-state index in [1.54, 1.807) is 24.3 Å². The van der Waals surface area contributed by atoms with Gasteiger partial charge in [0.2, 0.25) is 0 Å². The highest BCUT2D eigenvalue weighted by Gasteiger charge is 2.54. The molecule has 2 saturated carbocycles. The summed E-state index contributed by atoms with van der Waals surface area (Å²) < 4.78 is 10.9. The summed E-state index contributed by atoms with van der Waals surface area (Å²) in [5.41, 5.74) is 2.84. The highest BCUT2D eigenvalue weighted by atomic mass is 35.5. The Morgan fingerprint density at radius 2 is 1.59 bits per heavy atom. The van der Waals surface area contributed by atoms with Gasteiger partial charge in [0, 0.05) is 5.56 Å². The lowest BCUT2D eigenvalue weighted by Gasteiger charge is -2.46. The first kappa shape index (κ1) is 30.7. The van der Waals surface area contributed by atoms with Gasteiger partial charge in [-0.1, -0.05) is 79.5 Å². The van der Waals surface area contributed by atoms with E-state index in [1.165, 1.54) is 7.11 Å². The van der Waals surface area contributed by atoms with E-state index >= 15 is 0 Å². The van der Waals surface area contributed by atoms with Crippen molar-refractivity contribution in [3.63, 3.8) is 0 Å². The molecule has 3 aromatic rings. The second-order valence-electron chi connectivity index (χ2n) is 12.6. The van der Waals surface area contributed by atoms with Crippen LogP contribution < -0.4 is 4.74 Å². The van der Waals surface area contributed by atoms with Gasteiger partial charge in [-0.2, -0.15) is 0 Å². The maximum Gasteiger partial charge on any atom is 0.337 e. The smallest absolute Gasteiger partial charge is 0.337 e. The van der Waals surface area contributed by atoms with Crippen molar-refractivity contribution in [2.45, 2.75) is 70.7 Å². The minimum absolute atomic E-state index is 0.105. The Bertz CT molecular complexity index is 1540. The number of rotatable bonds is 9. The molecule has 230 valence electrons. The van der Waals surface area contributed by atoms with Crippen molar-refractivity contribution in [3.05, 3.63) is 99.0 Å².